The van der Waals surface area contributed by atoms with Gasteiger partial charge in [0.1, 0.15) is 17.7 Å². The highest BCUT2D eigenvalue weighted by molar-refractivity contribution is 5.48. The van der Waals surface area contributed by atoms with Crippen molar-refractivity contribution in [2.24, 2.45) is 5.92 Å². The molecule has 4 nitrogen and oxygen atoms in total. The van der Waals surface area contributed by atoms with Crippen LogP contribution in [0.3, 0.4) is 0 Å². The van der Waals surface area contributed by atoms with Gasteiger partial charge in [0.2, 0.25) is 5.88 Å². The molecule has 0 amide bonds. The van der Waals surface area contributed by atoms with Crippen LogP contribution in [0, 0.1) is 12.8 Å². The van der Waals surface area contributed by atoms with Gasteiger partial charge in [0.25, 0.3) is 0 Å². The Morgan fingerprint density at radius 1 is 1.10 bits per heavy atom. The Morgan fingerprint density at radius 2 is 1.71 bits per heavy atom. The molecule has 1 aromatic rings. The monoisotopic (exact) mass is 291 g/mol. The Kier molecular flexibility index (Phi) is 4.74. The Hall–Kier alpha value is -1.32. The third kappa shape index (κ3) is 3.86. The van der Waals surface area contributed by atoms with Crippen LogP contribution in [0.25, 0.3) is 0 Å². The van der Waals surface area contributed by atoms with Crippen LogP contribution >= 0.6 is 0 Å². The zero-order valence-corrected chi connectivity index (χ0v) is 14.3. The number of nitrogens with one attached hydrogen (secondary N) is 1. The van der Waals surface area contributed by atoms with E-state index in [9.17, 15) is 0 Å². The first-order valence-electron chi connectivity index (χ1n) is 8.04. The molecule has 1 aromatic heterocycles. The second-order valence-corrected chi connectivity index (χ2v) is 7.33. The topological polar surface area (TPSA) is 47.0 Å². The minimum absolute atomic E-state index is 0.0848. The summed E-state index contributed by atoms with van der Waals surface area (Å²) in [7, 11) is 1.90. The summed E-state index contributed by atoms with van der Waals surface area (Å²) in [4.78, 5) is 9.32. The lowest BCUT2D eigenvalue weighted by atomic mass is 9.89. The molecule has 0 radical (unpaired) electrons. The van der Waals surface area contributed by atoms with E-state index in [1.54, 1.807) is 0 Å². The van der Waals surface area contributed by atoms with Crippen LogP contribution in [0.15, 0.2) is 0 Å². The van der Waals surface area contributed by atoms with Crippen molar-refractivity contribution in [1.82, 2.24) is 9.97 Å². The molecule has 0 aromatic carbocycles. The second kappa shape index (κ2) is 6.20. The van der Waals surface area contributed by atoms with Crippen molar-refractivity contribution in [3.8, 4) is 5.88 Å². The third-order valence-corrected chi connectivity index (χ3v) is 4.25. The quantitative estimate of drug-likeness (QED) is 0.911. The van der Waals surface area contributed by atoms with E-state index in [1.165, 1.54) is 12.8 Å². The van der Waals surface area contributed by atoms with Crippen LogP contribution in [-0.4, -0.2) is 23.1 Å². The second-order valence-electron chi connectivity index (χ2n) is 7.33. The van der Waals surface area contributed by atoms with Crippen molar-refractivity contribution in [1.29, 1.82) is 0 Å². The molecule has 118 valence electrons. The van der Waals surface area contributed by atoms with E-state index in [-0.39, 0.29) is 5.41 Å². The normalized spacial score (nSPS) is 23.0. The molecule has 1 heterocycles. The molecule has 4 heteroatoms. The smallest absolute Gasteiger partial charge is 0.222 e. The van der Waals surface area contributed by atoms with Gasteiger partial charge in [0.05, 0.1) is 5.56 Å². The highest BCUT2D eigenvalue weighted by atomic mass is 16.5. The number of hydrogen-bond acceptors (Lipinski definition) is 4. The minimum atomic E-state index is -0.0848. The van der Waals surface area contributed by atoms with E-state index in [0.717, 1.165) is 41.8 Å². The highest BCUT2D eigenvalue weighted by Gasteiger charge is 2.24. The third-order valence-electron chi connectivity index (χ3n) is 4.25. The summed E-state index contributed by atoms with van der Waals surface area (Å²) in [6.45, 7) is 10.7. The average Bonchev–Trinajstić information content (AvgIpc) is 2.42. The molecule has 0 aliphatic heterocycles. The van der Waals surface area contributed by atoms with Gasteiger partial charge in [-0.25, -0.2) is 4.98 Å². The van der Waals surface area contributed by atoms with Crippen LogP contribution in [0.2, 0.25) is 0 Å². The molecule has 0 spiro atoms. The summed E-state index contributed by atoms with van der Waals surface area (Å²) >= 11 is 0. The maximum atomic E-state index is 6.22. The molecule has 0 bridgehead atoms. The van der Waals surface area contributed by atoms with Crippen LogP contribution in [0.1, 0.15) is 64.8 Å². The van der Waals surface area contributed by atoms with Crippen LogP contribution in [0.4, 0.5) is 5.82 Å². The van der Waals surface area contributed by atoms with E-state index >= 15 is 0 Å². The van der Waals surface area contributed by atoms with Gasteiger partial charge in [-0.2, -0.15) is 4.98 Å². The Labute approximate surface area is 128 Å². The van der Waals surface area contributed by atoms with E-state index in [1.807, 2.05) is 14.0 Å². The Balaban J connectivity index is 2.25. The summed E-state index contributed by atoms with van der Waals surface area (Å²) < 4.78 is 6.22. The molecule has 1 N–H and O–H groups in total. The van der Waals surface area contributed by atoms with Crippen molar-refractivity contribution in [2.75, 3.05) is 12.4 Å². The molecule has 0 atom stereocenters. The Morgan fingerprint density at radius 3 is 2.24 bits per heavy atom. The van der Waals surface area contributed by atoms with E-state index in [2.05, 4.69) is 38.0 Å². The predicted octanol–water partition coefficient (Wildman–Crippen LogP) is 4.08. The fraction of sp³-hybridized carbons (Fsp3) is 0.765. The lowest BCUT2D eigenvalue weighted by Crippen LogP contribution is -2.25. The van der Waals surface area contributed by atoms with Gasteiger partial charge in [-0.15, -0.1) is 0 Å². The van der Waals surface area contributed by atoms with Crippen LogP contribution in [-0.2, 0) is 5.41 Å². The molecular formula is C17H29N3O. The summed E-state index contributed by atoms with van der Waals surface area (Å²) in [5, 5.41) is 3.16. The molecule has 1 saturated carbocycles. The zero-order valence-electron chi connectivity index (χ0n) is 14.3. The van der Waals surface area contributed by atoms with Gasteiger partial charge in [-0.1, -0.05) is 27.7 Å². The number of hydrogen-bond donors (Lipinski definition) is 1. The van der Waals surface area contributed by atoms with Crippen molar-refractivity contribution in [2.45, 2.75) is 71.8 Å². The van der Waals surface area contributed by atoms with Crippen molar-refractivity contribution >= 4 is 5.82 Å². The zero-order chi connectivity index (χ0) is 15.6. The van der Waals surface area contributed by atoms with E-state index in [0.29, 0.717) is 6.10 Å². The number of nitrogens with zero attached hydrogens (tertiary/aromatic N) is 2. The van der Waals surface area contributed by atoms with Gasteiger partial charge < -0.3 is 10.1 Å². The van der Waals surface area contributed by atoms with Crippen LogP contribution < -0.4 is 10.1 Å². The number of anilines is 1. The van der Waals surface area contributed by atoms with E-state index < -0.39 is 0 Å². The van der Waals surface area contributed by atoms with E-state index in [4.69, 9.17) is 9.72 Å². The lowest BCUT2D eigenvalue weighted by Gasteiger charge is -2.28. The van der Waals surface area contributed by atoms with Gasteiger partial charge in [-0.05, 0) is 38.5 Å². The summed E-state index contributed by atoms with van der Waals surface area (Å²) in [6.07, 6.45) is 5.06. The summed E-state index contributed by atoms with van der Waals surface area (Å²) in [5.74, 6) is 3.28. The fourth-order valence-corrected chi connectivity index (χ4v) is 2.69. The first kappa shape index (κ1) is 16.1. The maximum absolute atomic E-state index is 6.22. The Bertz CT molecular complexity index is 486. The van der Waals surface area contributed by atoms with Gasteiger partial charge in [0, 0.05) is 12.5 Å². The minimum Gasteiger partial charge on any atom is -0.474 e. The standard InChI is InChI=1S/C17H29N3O/c1-11-7-9-13(10-8-11)21-15-12(2)14(18-6)19-16(20-15)17(3,4)5/h11,13H,7-10H2,1-6H3,(H,18,19,20). The predicted molar refractivity (Wildman–Crippen MR) is 87.1 cm³/mol. The number of rotatable bonds is 3. The molecule has 21 heavy (non-hydrogen) atoms. The average molecular weight is 291 g/mol. The maximum Gasteiger partial charge on any atom is 0.222 e. The van der Waals surface area contributed by atoms with Crippen molar-refractivity contribution in [3.05, 3.63) is 11.4 Å². The molecule has 2 rings (SSSR count). The molecule has 1 aliphatic carbocycles. The van der Waals surface area contributed by atoms with Gasteiger partial charge in [-0.3, -0.25) is 0 Å². The van der Waals surface area contributed by atoms with Crippen LogP contribution in [0.5, 0.6) is 5.88 Å². The van der Waals surface area contributed by atoms with Crippen molar-refractivity contribution in [3.63, 3.8) is 0 Å². The molecule has 0 saturated heterocycles. The summed E-state index contributed by atoms with van der Waals surface area (Å²) in [6, 6.07) is 0. The highest BCUT2D eigenvalue weighted by Crippen LogP contribution is 2.31. The van der Waals surface area contributed by atoms with Gasteiger partial charge in [0.15, 0.2) is 0 Å². The van der Waals surface area contributed by atoms with Gasteiger partial charge >= 0.3 is 0 Å². The number of aromatic nitrogens is 2. The largest absolute Gasteiger partial charge is 0.474 e. The molecule has 0 unspecified atom stereocenters. The SMILES string of the molecule is CNc1nc(C(C)(C)C)nc(OC2CCC(C)CC2)c1C. The summed E-state index contributed by atoms with van der Waals surface area (Å²) in [5.41, 5.74) is 0.919. The molecular weight excluding hydrogens is 262 g/mol. The molecule has 1 aliphatic rings. The van der Waals surface area contributed by atoms with Crippen molar-refractivity contribution < 1.29 is 4.74 Å². The first-order valence-corrected chi connectivity index (χ1v) is 8.04. The number of ether oxygens (including phenoxy) is 1. The molecule has 1 fully saturated rings. The first-order chi connectivity index (χ1) is 9.81. The lowest BCUT2D eigenvalue weighted by molar-refractivity contribution is 0.128. The fourth-order valence-electron chi connectivity index (χ4n) is 2.69.